The number of hydrogen-bond donors (Lipinski definition) is 1. The summed E-state index contributed by atoms with van der Waals surface area (Å²) < 4.78 is 1.11. The Morgan fingerprint density at radius 3 is 2.75 bits per heavy atom. The van der Waals surface area contributed by atoms with E-state index in [0.717, 1.165) is 21.3 Å². The van der Waals surface area contributed by atoms with Crippen molar-refractivity contribution in [1.82, 2.24) is 9.97 Å². The van der Waals surface area contributed by atoms with Gasteiger partial charge in [-0.25, -0.2) is 4.98 Å². The van der Waals surface area contributed by atoms with Crippen LogP contribution in [0.15, 0.2) is 16.6 Å². The van der Waals surface area contributed by atoms with Gasteiger partial charge in [0.25, 0.3) is 0 Å². The first kappa shape index (κ1) is 10.3. The average molecular weight is 279 g/mol. The molecule has 0 spiro atoms. The van der Waals surface area contributed by atoms with Gasteiger partial charge in [-0.1, -0.05) is 29.8 Å². The summed E-state index contributed by atoms with van der Waals surface area (Å²) >= 11 is 3.52. The van der Waals surface area contributed by atoms with Crippen molar-refractivity contribution in [3.8, 4) is 0 Å². The third-order valence-corrected chi connectivity index (χ3v) is 4.06. The minimum Gasteiger partial charge on any atom is -0.342 e. The zero-order valence-corrected chi connectivity index (χ0v) is 11.4. The molecule has 1 fully saturated rings. The summed E-state index contributed by atoms with van der Waals surface area (Å²) in [7, 11) is 0. The third-order valence-electron chi connectivity index (χ3n) is 3.60. The number of halogens is 1. The molecule has 1 aromatic heterocycles. The molecule has 0 aliphatic heterocycles. The quantitative estimate of drug-likeness (QED) is 0.834. The number of imidazole rings is 1. The number of benzene rings is 1. The molecule has 84 valence electrons. The van der Waals surface area contributed by atoms with E-state index in [1.807, 2.05) is 0 Å². The number of H-pyrrole nitrogens is 1. The maximum atomic E-state index is 4.73. The maximum absolute atomic E-state index is 4.73. The molecule has 1 unspecified atom stereocenters. The summed E-state index contributed by atoms with van der Waals surface area (Å²) in [6.45, 7) is 6.71. The van der Waals surface area contributed by atoms with Crippen LogP contribution in [0.25, 0.3) is 11.0 Å². The van der Waals surface area contributed by atoms with E-state index < -0.39 is 0 Å². The first-order valence-corrected chi connectivity index (χ1v) is 6.42. The second-order valence-electron chi connectivity index (χ2n) is 5.49. The highest BCUT2D eigenvalue weighted by Crippen LogP contribution is 2.57. The van der Waals surface area contributed by atoms with E-state index >= 15 is 0 Å². The van der Waals surface area contributed by atoms with Crippen LogP contribution in [-0.2, 0) is 0 Å². The van der Waals surface area contributed by atoms with Crippen molar-refractivity contribution >= 4 is 27.0 Å². The number of hydrogen-bond acceptors (Lipinski definition) is 1. The highest BCUT2D eigenvalue weighted by Gasteiger charge is 2.48. The van der Waals surface area contributed by atoms with Gasteiger partial charge in [-0.05, 0) is 36.5 Å². The van der Waals surface area contributed by atoms with Gasteiger partial charge in [0.1, 0.15) is 5.82 Å². The van der Waals surface area contributed by atoms with E-state index in [1.54, 1.807) is 0 Å². The number of aryl methyl sites for hydroxylation is 1. The molecule has 1 aliphatic rings. The van der Waals surface area contributed by atoms with Crippen LogP contribution in [0.5, 0.6) is 0 Å². The fourth-order valence-electron chi connectivity index (χ4n) is 2.36. The molecule has 2 nitrogen and oxygen atoms in total. The number of nitrogens with zero attached hydrogens (tertiary/aromatic N) is 1. The molecule has 1 heterocycles. The van der Waals surface area contributed by atoms with Crippen LogP contribution in [0.2, 0.25) is 0 Å². The Morgan fingerprint density at radius 1 is 1.44 bits per heavy atom. The van der Waals surface area contributed by atoms with Crippen molar-refractivity contribution in [2.24, 2.45) is 5.41 Å². The Bertz CT molecular complexity index is 569. The molecular formula is C13H15BrN2. The van der Waals surface area contributed by atoms with Gasteiger partial charge >= 0.3 is 0 Å². The average Bonchev–Trinajstić information content (AvgIpc) is 2.64. The molecule has 0 amide bonds. The topological polar surface area (TPSA) is 28.7 Å². The van der Waals surface area contributed by atoms with Gasteiger partial charge in [0.05, 0.1) is 11.0 Å². The summed E-state index contributed by atoms with van der Waals surface area (Å²) in [6.07, 6.45) is 1.24. The number of fused-ring (bicyclic) bond motifs is 1. The SMILES string of the molecule is Cc1cc(Br)cc2[nH]c(C3CC3(C)C)nc12. The molecule has 1 N–H and O–H groups in total. The first-order chi connectivity index (χ1) is 7.47. The van der Waals surface area contributed by atoms with Crippen LogP contribution in [0, 0.1) is 12.3 Å². The summed E-state index contributed by atoms with van der Waals surface area (Å²) in [5.74, 6) is 1.76. The normalized spacial score (nSPS) is 22.6. The van der Waals surface area contributed by atoms with Crippen molar-refractivity contribution < 1.29 is 0 Å². The predicted octanol–water partition coefficient (Wildman–Crippen LogP) is 4.15. The Labute approximate surface area is 104 Å². The smallest absolute Gasteiger partial charge is 0.110 e. The molecule has 0 bridgehead atoms. The highest BCUT2D eigenvalue weighted by atomic mass is 79.9. The molecular weight excluding hydrogens is 264 g/mol. The van der Waals surface area contributed by atoms with Crippen LogP contribution in [0.1, 0.15) is 37.6 Å². The lowest BCUT2D eigenvalue weighted by atomic mass is 10.1. The standard InChI is InChI=1S/C13H15BrN2/c1-7-4-8(14)5-10-11(7)16-12(15-10)9-6-13(9,2)3/h4-5,9H,6H2,1-3H3,(H,15,16). The van der Waals surface area contributed by atoms with Crippen LogP contribution in [-0.4, -0.2) is 9.97 Å². The Balaban J connectivity index is 2.13. The lowest BCUT2D eigenvalue weighted by Crippen LogP contribution is -1.91. The second kappa shape index (κ2) is 3.10. The summed E-state index contributed by atoms with van der Waals surface area (Å²) in [6, 6.07) is 4.22. The monoisotopic (exact) mass is 278 g/mol. The molecule has 1 atom stereocenters. The molecule has 3 rings (SSSR count). The lowest BCUT2D eigenvalue weighted by molar-refractivity contribution is 0.611. The molecule has 16 heavy (non-hydrogen) atoms. The van der Waals surface area contributed by atoms with Crippen LogP contribution < -0.4 is 0 Å². The Hall–Kier alpha value is -0.830. The maximum Gasteiger partial charge on any atom is 0.110 e. The van der Waals surface area contributed by atoms with Crippen molar-refractivity contribution in [1.29, 1.82) is 0 Å². The summed E-state index contributed by atoms with van der Waals surface area (Å²) in [4.78, 5) is 8.19. The van der Waals surface area contributed by atoms with E-state index in [2.05, 4.69) is 53.8 Å². The first-order valence-electron chi connectivity index (χ1n) is 5.63. The number of rotatable bonds is 1. The zero-order chi connectivity index (χ0) is 11.5. The zero-order valence-electron chi connectivity index (χ0n) is 9.76. The van der Waals surface area contributed by atoms with Crippen LogP contribution >= 0.6 is 15.9 Å². The second-order valence-corrected chi connectivity index (χ2v) is 6.40. The van der Waals surface area contributed by atoms with E-state index in [4.69, 9.17) is 4.98 Å². The van der Waals surface area contributed by atoms with E-state index in [9.17, 15) is 0 Å². The lowest BCUT2D eigenvalue weighted by Gasteiger charge is -1.97. The van der Waals surface area contributed by atoms with Gasteiger partial charge in [0, 0.05) is 10.4 Å². The van der Waals surface area contributed by atoms with E-state index in [0.29, 0.717) is 11.3 Å². The predicted molar refractivity (Wildman–Crippen MR) is 69.7 cm³/mol. The minimum absolute atomic E-state index is 0.430. The minimum atomic E-state index is 0.430. The van der Waals surface area contributed by atoms with Crippen LogP contribution in [0.3, 0.4) is 0 Å². The highest BCUT2D eigenvalue weighted by molar-refractivity contribution is 9.10. The van der Waals surface area contributed by atoms with Crippen molar-refractivity contribution in [3.63, 3.8) is 0 Å². The molecule has 3 heteroatoms. The molecule has 1 saturated carbocycles. The third kappa shape index (κ3) is 1.49. The van der Waals surface area contributed by atoms with E-state index in [1.165, 1.54) is 12.0 Å². The molecule has 1 aliphatic carbocycles. The van der Waals surface area contributed by atoms with Crippen LogP contribution in [0.4, 0.5) is 0 Å². The summed E-state index contributed by atoms with van der Waals surface area (Å²) in [5, 5.41) is 0. The van der Waals surface area contributed by atoms with Gasteiger partial charge in [-0.2, -0.15) is 0 Å². The fourth-order valence-corrected chi connectivity index (χ4v) is 2.94. The molecule has 2 aromatic rings. The molecule has 1 aromatic carbocycles. The largest absolute Gasteiger partial charge is 0.342 e. The number of aromatic amines is 1. The molecule has 0 radical (unpaired) electrons. The Kier molecular flexibility index (Phi) is 2.00. The van der Waals surface area contributed by atoms with Gasteiger partial charge in [-0.3, -0.25) is 0 Å². The fraction of sp³-hybridized carbons (Fsp3) is 0.462. The van der Waals surface area contributed by atoms with Crippen molar-refractivity contribution in [2.45, 2.75) is 33.1 Å². The molecule has 0 saturated heterocycles. The van der Waals surface area contributed by atoms with Gasteiger partial charge in [0.2, 0.25) is 0 Å². The van der Waals surface area contributed by atoms with Crippen molar-refractivity contribution in [2.75, 3.05) is 0 Å². The Morgan fingerprint density at radius 2 is 2.12 bits per heavy atom. The van der Waals surface area contributed by atoms with Gasteiger partial charge < -0.3 is 4.98 Å². The number of nitrogens with one attached hydrogen (secondary N) is 1. The number of aromatic nitrogens is 2. The summed E-state index contributed by atoms with van der Waals surface area (Å²) in [5.41, 5.74) is 3.91. The van der Waals surface area contributed by atoms with Gasteiger partial charge in [0.15, 0.2) is 0 Å². The van der Waals surface area contributed by atoms with Gasteiger partial charge in [-0.15, -0.1) is 0 Å². The van der Waals surface area contributed by atoms with E-state index in [-0.39, 0.29) is 0 Å². The van der Waals surface area contributed by atoms with Crippen molar-refractivity contribution in [3.05, 3.63) is 28.0 Å².